The van der Waals surface area contributed by atoms with E-state index in [0.29, 0.717) is 11.4 Å². The third kappa shape index (κ3) is 2.61. The van der Waals surface area contributed by atoms with Crippen molar-refractivity contribution in [3.8, 4) is 0 Å². The summed E-state index contributed by atoms with van der Waals surface area (Å²) in [6, 6.07) is 13.5. The van der Waals surface area contributed by atoms with Crippen LogP contribution in [0.15, 0.2) is 48.5 Å². The first-order valence-electron chi connectivity index (χ1n) is 7.31. The Morgan fingerprint density at radius 2 is 1.48 bits per heavy atom. The highest BCUT2D eigenvalue weighted by Crippen LogP contribution is 2.28. The number of rotatable bonds is 2. The number of amides is 4. The number of hydrogen-bond acceptors (Lipinski definition) is 3. The summed E-state index contributed by atoms with van der Waals surface area (Å²) in [6.07, 6.45) is -0.325. The Morgan fingerprint density at radius 3 is 2.13 bits per heavy atom. The van der Waals surface area contributed by atoms with Crippen LogP contribution in [-0.4, -0.2) is 17.8 Å². The fourth-order valence-electron chi connectivity index (χ4n) is 2.73. The lowest BCUT2D eigenvalue weighted by Gasteiger charge is -2.33. The number of urea groups is 1. The molecule has 0 atom stereocenters. The third-order valence-corrected chi connectivity index (χ3v) is 3.79. The van der Waals surface area contributed by atoms with Gasteiger partial charge in [0.05, 0.1) is 11.4 Å². The topological polar surface area (TPSA) is 57.7 Å². The van der Waals surface area contributed by atoms with Crippen LogP contribution in [0.4, 0.5) is 16.2 Å². The molecule has 0 spiro atoms. The smallest absolute Gasteiger partial charge is 0.273 e. The molecule has 2 aromatic rings. The number of nitrogens with zero attached hydrogens (tertiary/aromatic N) is 2. The molecule has 0 N–H and O–H groups in total. The summed E-state index contributed by atoms with van der Waals surface area (Å²) in [6.45, 7) is 3.78. The van der Waals surface area contributed by atoms with E-state index in [1.54, 1.807) is 36.4 Å². The van der Waals surface area contributed by atoms with Crippen molar-refractivity contribution in [2.75, 3.05) is 9.80 Å². The molecule has 23 heavy (non-hydrogen) atoms. The summed E-state index contributed by atoms with van der Waals surface area (Å²) in [5.41, 5.74) is 2.83. The molecule has 1 heterocycles. The van der Waals surface area contributed by atoms with Gasteiger partial charge in [0.1, 0.15) is 6.42 Å². The Balaban J connectivity index is 2.05. The minimum atomic E-state index is -0.635. The summed E-state index contributed by atoms with van der Waals surface area (Å²) in [5, 5.41) is 0. The third-order valence-electron chi connectivity index (χ3n) is 3.79. The minimum absolute atomic E-state index is 0.325. The lowest BCUT2D eigenvalue weighted by Crippen LogP contribution is -2.55. The van der Waals surface area contributed by atoms with Crippen molar-refractivity contribution in [2.45, 2.75) is 20.3 Å². The molecule has 5 heteroatoms. The molecule has 1 aliphatic rings. The predicted octanol–water partition coefficient (Wildman–Crippen LogP) is 3.19. The van der Waals surface area contributed by atoms with E-state index in [2.05, 4.69) is 0 Å². The maximum absolute atomic E-state index is 12.8. The fraction of sp³-hybridized carbons (Fsp3) is 0.167. The quantitative estimate of drug-likeness (QED) is 0.801. The maximum atomic E-state index is 12.8. The first-order valence-corrected chi connectivity index (χ1v) is 7.31. The Hall–Kier alpha value is -2.95. The van der Waals surface area contributed by atoms with Crippen molar-refractivity contribution in [3.63, 3.8) is 0 Å². The molecule has 0 bridgehead atoms. The highest BCUT2D eigenvalue weighted by molar-refractivity contribution is 6.35. The molecule has 0 aromatic heterocycles. The van der Waals surface area contributed by atoms with Crippen LogP contribution in [0, 0.1) is 13.8 Å². The van der Waals surface area contributed by atoms with E-state index in [4.69, 9.17) is 0 Å². The molecule has 1 fully saturated rings. The number of hydrogen-bond donors (Lipinski definition) is 0. The molecule has 0 saturated carbocycles. The number of benzene rings is 2. The van der Waals surface area contributed by atoms with Crippen LogP contribution in [0.2, 0.25) is 0 Å². The van der Waals surface area contributed by atoms with E-state index >= 15 is 0 Å². The van der Waals surface area contributed by atoms with Gasteiger partial charge in [-0.2, -0.15) is 0 Å². The molecule has 5 nitrogen and oxygen atoms in total. The zero-order valence-corrected chi connectivity index (χ0v) is 12.9. The summed E-state index contributed by atoms with van der Waals surface area (Å²) in [5.74, 6) is -1.01. The highest BCUT2D eigenvalue weighted by atomic mass is 16.2. The van der Waals surface area contributed by atoms with E-state index in [0.717, 1.165) is 20.9 Å². The average Bonchev–Trinajstić information content (AvgIpc) is 2.50. The second kappa shape index (κ2) is 5.68. The van der Waals surface area contributed by atoms with Crippen molar-refractivity contribution in [2.24, 2.45) is 0 Å². The number of carbonyl (C=O) groups is 3. The van der Waals surface area contributed by atoms with Crippen LogP contribution < -0.4 is 9.80 Å². The van der Waals surface area contributed by atoms with Gasteiger partial charge >= 0.3 is 6.03 Å². The minimum Gasteiger partial charge on any atom is -0.273 e. The van der Waals surface area contributed by atoms with Crippen LogP contribution in [-0.2, 0) is 9.59 Å². The second-order valence-corrected chi connectivity index (χ2v) is 5.54. The predicted molar refractivity (Wildman–Crippen MR) is 87.3 cm³/mol. The largest absolute Gasteiger partial charge is 0.342 e. The molecule has 0 radical (unpaired) electrons. The highest BCUT2D eigenvalue weighted by Gasteiger charge is 2.40. The Kier molecular flexibility index (Phi) is 3.70. The Morgan fingerprint density at radius 1 is 0.826 bits per heavy atom. The first kappa shape index (κ1) is 15.0. The van der Waals surface area contributed by atoms with Gasteiger partial charge in [-0.3, -0.25) is 9.59 Å². The van der Waals surface area contributed by atoms with Crippen LogP contribution in [0.25, 0.3) is 0 Å². The number of imide groups is 2. The van der Waals surface area contributed by atoms with E-state index in [1.807, 2.05) is 26.0 Å². The van der Waals surface area contributed by atoms with Gasteiger partial charge in [0.2, 0.25) is 11.8 Å². The van der Waals surface area contributed by atoms with Crippen molar-refractivity contribution in [1.82, 2.24) is 0 Å². The monoisotopic (exact) mass is 308 g/mol. The van der Waals surface area contributed by atoms with Crippen molar-refractivity contribution >= 4 is 29.2 Å². The van der Waals surface area contributed by atoms with Crippen LogP contribution >= 0.6 is 0 Å². The first-order chi connectivity index (χ1) is 11.0. The van der Waals surface area contributed by atoms with Gasteiger partial charge in [0.15, 0.2) is 0 Å². The van der Waals surface area contributed by atoms with E-state index in [9.17, 15) is 14.4 Å². The molecular formula is C18H16N2O3. The number of aryl methyl sites for hydroxylation is 2. The van der Waals surface area contributed by atoms with E-state index < -0.39 is 17.8 Å². The molecule has 0 aliphatic carbocycles. The van der Waals surface area contributed by atoms with Gasteiger partial charge in [-0.1, -0.05) is 35.9 Å². The Bertz CT molecular complexity index is 799. The van der Waals surface area contributed by atoms with Crippen LogP contribution in [0.3, 0.4) is 0 Å². The van der Waals surface area contributed by atoms with Gasteiger partial charge in [-0.25, -0.2) is 14.6 Å². The SMILES string of the molecule is Cc1ccc(N2C(=O)CC(=O)N(c3ccccc3)C2=O)c(C)c1. The van der Waals surface area contributed by atoms with Gasteiger partial charge in [-0.15, -0.1) is 0 Å². The number of anilines is 2. The number of barbiturate groups is 1. The van der Waals surface area contributed by atoms with E-state index in [1.165, 1.54) is 0 Å². The van der Waals surface area contributed by atoms with Crippen LogP contribution in [0.5, 0.6) is 0 Å². The lowest BCUT2D eigenvalue weighted by molar-refractivity contribution is -0.126. The molecular weight excluding hydrogens is 292 g/mol. The van der Waals surface area contributed by atoms with Crippen molar-refractivity contribution in [3.05, 3.63) is 59.7 Å². The maximum Gasteiger partial charge on any atom is 0.342 e. The molecule has 1 aliphatic heterocycles. The van der Waals surface area contributed by atoms with Gasteiger partial charge in [0, 0.05) is 0 Å². The van der Waals surface area contributed by atoms with Crippen molar-refractivity contribution in [1.29, 1.82) is 0 Å². The molecule has 1 saturated heterocycles. The molecule has 2 aromatic carbocycles. The Labute approximate surface area is 134 Å². The van der Waals surface area contributed by atoms with Gasteiger partial charge in [-0.05, 0) is 37.6 Å². The second-order valence-electron chi connectivity index (χ2n) is 5.54. The molecule has 116 valence electrons. The van der Waals surface area contributed by atoms with E-state index in [-0.39, 0.29) is 6.42 Å². The number of para-hydroxylation sites is 1. The lowest BCUT2D eigenvalue weighted by atomic mass is 10.1. The number of carbonyl (C=O) groups excluding carboxylic acids is 3. The zero-order chi connectivity index (χ0) is 16.6. The normalized spacial score (nSPS) is 15.3. The van der Waals surface area contributed by atoms with Crippen molar-refractivity contribution < 1.29 is 14.4 Å². The molecule has 3 rings (SSSR count). The summed E-state index contributed by atoms with van der Waals surface area (Å²) < 4.78 is 0. The van der Waals surface area contributed by atoms with Gasteiger partial charge < -0.3 is 0 Å². The average molecular weight is 308 g/mol. The molecule has 4 amide bonds. The standard InChI is InChI=1S/C18H16N2O3/c1-12-8-9-15(13(2)10-12)20-17(22)11-16(21)19(18(20)23)14-6-4-3-5-7-14/h3-10H,11H2,1-2H3. The summed E-state index contributed by atoms with van der Waals surface area (Å²) >= 11 is 0. The fourth-order valence-corrected chi connectivity index (χ4v) is 2.73. The zero-order valence-electron chi connectivity index (χ0n) is 12.9. The molecule has 0 unspecified atom stereocenters. The summed E-state index contributed by atoms with van der Waals surface area (Å²) in [7, 11) is 0. The van der Waals surface area contributed by atoms with Crippen LogP contribution in [0.1, 0.15) is 17.5 Å². The van der Waals surface area contributed by atoms with Gasteiger partial charge in [0.25, 0.3) is 0 Å². The summed E-state index contributed by atoms with van der Waals surface area (Å²) in [4.78, 5) is 39.4.